The van der Waals surface area contributed by atoms with Crippen LogP contribution in [0.4, 0.5) is 0 Å². The molecule has 0 aliphatic rings. The summed E-state index contributed by atoms with van der Waals surface area (Å²) in [6.45, 7) is 2.31. The van der Waals surface area contributed by atoms with Crippen LogP contribution in [0, 0.1) is 0 Å². The molecule has 0 bridgehead atoms. The molecule has 0 aliphatic carbocycles. The molecule has 6 rings (SSSR count). The Bertz CT molecular complexity index is 1850. The number of fused-ring (bicyclic) bond motifs is 2. The van der Waals surface area contributed by atoms with Crippen LogP contribution in [0.3, 0.4) is 0 Å². The molecule has 5 nitrogen and oxygen atoms in total. The Kier molecular flexibility index (Phi) is 6.47. The lowest BCUT2D eigenvalue weighted by molar-refractivity contribution is 0.0664. The maximum atomic E-state index is 14.0. The molecule has 1 heterocycles. The summed E-state index contributed by atoms with van der Waals surface area (Å²) in [5.41, 5.74) is 2.73. The fourth-order valence-corrected chi connectivity index (χ4v) is 5.05. The van der Waals surface area contributed by atoms with Crippen molar-refractivity contribution in [2.45, 2.75) is 19.5 Å². The van der Waals surface area contributed by atoms with Crippen molar-refractivity contribution in [1.29, 1.82) is 0 Å². The molecule has 0 fully saturated rings. The van der Waals surface area contributed by atoms with Crippen molar-refractivity contribution in [3.63, 3.8) is 0 Å². The zero-order valence-corrected chi connectivity index (χ0v) is 21.6. The first-order chi connectivity index (χ1) is 19.1. The fourth-order valence-electron chi connectivity index (χ4n) is 5.05. The summed E-state index contributed by atoms with van der Waals surface area (Å²) in [5, 5.41) is 2.64. The van der Waals surface area contributed by atoms with Crippen LogP contribution < -0.4 is 5.56 Å². The van der Waals surface area contributed by atoms with Crippen LogP contribution in [0.5, 0.6) is 0 Å². The normalized spacial score (nSPS) is 11.9. The van der Waals surface area contributed by atoms with Gasteiger partial charge in [-0.25, -0.2) is 4.98 Å². The van der Waals surface area contributed by atoms with E-state index in [4.69, 9.17) is 4.98 Å². The number of amides is 1. The molecule has 5 aromatic carbocycles. The summed E-state index contributed by atoms with van der Waals surface area (Å²) < 4.78 is 1.66. The van der Waals surface area contributed by atoms with E-state index in [0.717, 1.165) is 16.3 Å². The quantitative estimate of drug-likeness (QED) is 0.244. The van der Waals surface area contributed by atoms with E-state index in [1.54, 1.807) is 15.5 Å². The van der Waals surface area contributed by atoms with Crippen LogP contribution in [0.1, 0.15) is 34.7 Å². The van der Waals surface area contributed by atoms with Gasteiger partial charge in [-0.1, -0.05) is 91.0 Å². The predicted octanol–water partition coefficient (Wildman–Crippen LogP) is 6.94. The third kappa shape index (κ3) is 4.71. The summed E-state index contributed by atoms with van der Waals surface area (Å²) in [6.07, 6.45) is 0. The Hall–Kier alpha value is -5.03. The molecule has 1 atom stereocenters. The third-order valence-electron chi connectivity index (χ3n) is 7.11. The van der Waals surface area contributed by atoms with Crippen LogP contribution >= 0.6 is 0 Å². The largest absolute Gasteiger partial charge is 0.324 e. The van der Waals surface area contributed by atoms with Gasteiger partial charge in [0.25, 0.3) is 11.5 Å². The summed E-state index contributed by atoms with van der Waals surface area (Å²) in [4.78, 5) is 34.8. The van der Waals surface area contributed by atoms with Crippen LogP contribution in [-0.4, -0.2) is 20.4 Å². The number of benzene rings is 5. The first kappa shape index (κ1) is 24.3. The molecule has 1 amide bonds. The lowest BCUT2D eigenvalue weighted by Gasteiger charge is -2.31. The number of rotatable bonds is 6. The van der Waals surface area contributed by atoms with Gasteiger partial charge in [0.15, 0.2) is 0 Å². The maximum Gasteiger partial charge on any atom is 0.266 e. The zero-order chi connectivity index (χ0) is 26.8. The molecule has 0 radical (unpaired) electrons. The van der Waals surface area contributed by atoms with E-state index in [1.807, 2.05) is 128 Å². The molecule has 1 aromatic heterocycles. The molecule has 0 saturated carbocycles. The number of carbonyl (C=O) groups excluding carboxylic acids is 1. The zero-order valence-electron chi connectivity index (χ0n) is 21.6. The van der Waals surface area contributed by atoms with Crippen molar-refractivity contribution < 1.29 is 4.79 Å². The minimum atomic E-state index is -0.512. The standard InChI is InChI=1S/C34H27N3O2/c1-24(36(23-25-12-4-2-5-13-25)33(38)27-15-6-3-7-16-27)32-35-31-19-11-10-18-30(31)34(39)37(32)29-21-20-26-14-8-9-17-28(26)22-29/h2-22,24H,23H2,1H3. The predicted molar refractivity (Wildman–Crippen MR) is 156 cm³/mol. The molecule has 6 aromatic rings. The van der Waals surface area contributed by atoms with Gasteiger partial charge in [0.2, 0.25) is 0 Å². The molecule has 5 heteroatoms. The van der Waals surface area contributed by atoms with Crippen molar-refractivity contribution in [3.8, 4) is 5.69 Å². The van der Waals surface area contributed by atoms with E-state index in [9.17, 15) is 9.59 Å². The van der Waals surface area contributed by atoms with Crippen molar-refractivity contribution >= 4 is 27.6 Å². The molecular weight excluding hydrogens is 482 g/mol. The smallest absolute Gasteiger partial charge is 0.266 e. The molecule has 39 heavy (non-hydrogen) atoms. The molecular formula is C34H27N3O2. The highest BCUT2D eigenvalue weighted by Gasteiger charge is 2.28. The van der Waals surface area contributed by atoms with Gasteiger partial charge >= 0.3 is 0 Å². The molecule has 0 aliphatic heterocycles. The number of carbonyl (C=O) groups is 1. The molecule has 1 unspecified atom stereocenters. The van der Waals surface area contributed by atoms with Gasteiger partial charge in [0, 0.05) is 12.1 Å². The summed E-state index contributed by atoms with van der Waals surface area (Å²) in [7, 11) is 0. The van der Waals surface area contributed by atoms with Crippen LogP contribution in [0.25, 0.3) is 27.4 Å². The number of para-hydroxylation sites is 1. The molecule has 190 valence electrons. The maximum absolute atomic E-state index is 14.0. The highest BCUT2D eigenvalue weighted by molar-refractivity contribution is 5.94. The summed E-state index contributed by atoms with van der Waals surface area (Å²) in [6, 6.07) is 40.0. The van der Waals surface area contributed by atoms with E-state index in [1.165, 1.54) is 0 Å². The molecule has 0 N–H and O–H groups in total. The van der Waals surface area contributed by atoms with Gasteiger partial charge in [-0.15, -0.1) is 0 Å². The number of hydrogen-bond donors (Lipinski definition) is 0. The average Bonchev–Trinajstić information content (AvgIpc) is 3.00. The number of nitrogens with zero attached hydrogens (tertiary/aromatic N) is 3. The van der Waals surface area contributed by atoms with E-state index in [2.05, 4.69) is 0 Å². The van der Waals surface area contributed by atoms with E-state index in [-0.39, 0.29) is 11.5 Å². The van der Waals surface area contributed by atoms with Gasteiger partial charge in [0.05, 0.1) is 22.6 Å². The summed E-state index contributed by atoms with van der Waals surface area (Å²) >= 11 is 0. The van der Waals surface area contributed by atoms with Crippen molar-refractivity contribution in [3.05, 3.63) is 155 Å². The van der Waals surface area contributed by atoms with E-state index in [0.29, 0.717) is 34.5 Å². The minimum Gasteiger partial charge on any atom is -0.324 e. The molecule has 0 saturated heterocycles. The Morgan fingerprint density at radius 1 is 0.769 bits per heavy atom. The van der Waals surface area contributed by atoms with Crippen molar-refractivity contribution in [2.24, 2.45) is 0 Å². The Morgan fingerprint density at radius 2 is 1.41 bits per heavy atom. The second kappa shape index (κ2) is 10.4. The Balaban J connectivity index is 1.56. The second-order valence-electron chi connectivity index (χ2n) is 9.62. The SMILES string of the molecule is CC(c1nc2ccccc2c(=O)n1-c1ccc2ccccc2c1)N(Cc1ccccc1)C(=O)c1ccccc1. The Morgan fingerprint density at radius 3 is 2.18 bits per heavy atom. The van der Waals surface area contributed by atoms with Gasteiger partial charge in [0.1, 0.15) is 5.82 Å². The average molecular weight is 510 g/mol. The first-order valence-electron chi connectivity index (χ1n) is 13.0. The van der Waals surface area contributed by atoms with Gasteiger partial charge < -0.3 is 4.90 Å². The first-order valence-corrected chi connectivity index (χ1v) is 13.0. The van der Waals surface area contributed by atoms with Gasteiger partial charge in [-0.05, 0) is 59.7 Å². The molecule has 0 spiro atoms. The number of aromatic nitrogens is 2. The lowest BCUT2D eigenvalue weighted by atomic mass is 10.1. The van der Waals surface area contributed by atoms with Crippen LogP contribution in [-0.2, 0) is 6.54 Å². The lowest BCUT2D eigenvalue weighted by Crippen LogP contribution is -2.37. The number of hydrogen-bond acceptors (Lipinski definition) is 3. The third-order valence-corrected chi connectivity index (χ3v) is 7.11. The van der Waals surface area contributed by atoms with Crippen LogP contribution in [0.15, 0.2) is 132 Å². The van der Waals surface area contributed by atoms with E-state index < -0.39 is 6.04 Å². The van der Waals surface area contributed by atoms with Gasteiger partial charge in [-0.2, -0.15) is 0 Å². The fraction of sp³-hybridized carbons (Fsp3) is 0.0882. The minimum absolute atomic E-state index is 0.126. The van der Waals surface area contributed by atoms with Crippen LogP contribution in [0.2, 0.25) is 0 Å². The summed E-state index contributed by atoms with van der Waals surface area (Å²) in [5.74, 6) is 0.383. The topological polar surface area (TPSA) is 55.2 Å². The second-order valence-corrected chi connectivity index (χ2v) is 9.62. The van der Waals surface area contributed by atoms with Gasteiger partial charge in [-0.3, -0.25) is 14.2 Å². The van der Waals surface area contributed by atoms with E-state index >= 15 is 0 Å². The van der Waals surface area contributed by atoms with Crippen molar-refractivity contribution in [1.82, 2.24) is 14.5 Å². The monoisotopic (exact) mass is 509 g/mol. The Labute approximate surface area is 226 Å². The highest BCUT2D eigenvalue weighted by atomic mass is 16.2. The highest BCUT2D eigenvalue weighted by Crippen LogP contribution is 2.27. The van der Waals surface area contributed by atoms with Crippen molar-refractivity contribution in [2.75, 3.05) is 0 Å².